The Labute approximate surface area is 107 Å². The molecule has 0 spiro atoms. The number of nitrogens with zero attached hydrogens (tertiary/aromatic N) is 2. The van der Waals surface area contributed by atoms with Crippen LogP contribution in [0.25, 0.3) is 5.69 Å². The van der Waals surface area contributed by atoms with Crippen molar-refractivity contribution in [3.05, 3.63) is 42.2 Å². The second-order valence-corrected chi connectivity index (χ2v) is 5.19. The third-order valence-electron chi connectivity index (χ3n) is 2.33. The molecule has 0 aliphatic carbocycles. The zero-order valence-electron chi connectivity index (χ0n) is 9.32. The Bertz CT molecular complexity index is 754. The van der Waals surface area contributed by atoms with Crippen LogP contribution in [0.4, 0.5) is 4.39 Å². The van der Waals surface area contributed by atoms with Crippen LogP contribution in [0.2, 0.25) is 0 Å². The molecular formula is C10H8FN3O4S. The largest absolute Gasteiger partial charge is 0.476 e. The van der Waals surface area contributed by atoms with E-state index in [-0.39, 0.29) is 16.3 Å². The van der Waals surface area contributed by atoms with Gasteiger partial charge in [-0.25, -0.2) is 27.7 Å². The second-order valence-electron chi connectivity index (χ2n) is 3.63. The van der Waals surface area contributed by atoms with Gasteiger partial charge >= 0.3 is 5.97 Å². The Morgan fingerprint density at radius 2 is 2.11 bits per heavy atom. The molecule has 3 N–H and O–H groups in total. The molecule has 1 heterocycles. The van der Waals surface area contributed by atoms with Crippen LogP contribution in [0, 0.1) is 5.82 Å². The summed E-state index contributed by atoms with van der Waals surface area (Å²) in [4.78, 5) is 13.8. The molecule has 19 heavy (non-hydrogen) atoms. The normalized spacial score (nSPS) is 11.5. The highest BCUT2D eigenvalue weighted by atomic mass is 32.2. The molecule has 0 radical (unpaired) electrons. The molecule has 1 aromatic carbocycles. The topological polar surface area (TPSA) is 115 Å². The van der Waals surface area contributed by atoms with Crippen molar-refractivity contribution in [2.45, 2.75) is 4.90 Å². The van der Waals surface area contributed by atoms with Gasteiger partial charge in [0, 0.05) is 6.20 Å². The molecule has 0 saturated heterocycles. The first-order valence-corrected chi connectivity index (χ1v) is 6.43. The van der Waals surface area contributed by atoms with E-state index in [2.05, 4.69) is 4.98 Å². The summed E-state index contributed by atoms with van der Waals surface area (Å²) in [5, 5.41) is 13.6. The summed E-state index contributed by atoms with van der Waals surface area (Å²) in [6, 6.07) is 3.04. The summed E-state index contributed by atoms with van der Waals surface area (Å²) in [7, 11) is -3.99. The number of rotatable bonds is 3. The van der Waals surface area contributed by atoms with Crippen LogP contribution in [-0.2, 0) is 10.0 Å². The third-order valence-corrected chi connectivity index (χ3v) is 3.24. The van der Waals surface area contributed by atoms with Crippen LogP contribution in [0.15, 0.2) is 35.6 Å². The molecule has 0 saturated carbocycles. The molecule has 1 aromatic heterocycles. The van der Waals surface area contributed by atoms with Gasteiger partial charge in [-0.05, 0) is 18.2 Å². The highest BCUT2D eigenvalue weighted by molar-refractivity contribution is 7.89. The van der Waals surface area contributed by atoms with Crippen molar-refractivity contribution in [2.24, 2.45) is 5.14 Å². The van der Waals surface area contributed by atoms with Gasteiger partial charge in [0.25, 0.3) is 0 Å². The van der Waals surface area contributed by atoms with Gasteiger partial charge in [0.15, 0.2) is 5.69 Å². The van der Waals surface area contributed by atoms with E-state index in [0.29, 0.717) is 0 Å². The average molecular weight is 285 g/mol. The van der Waals surface area contributed by atoms with E-state index in [4.69, 9.17) is 10.2 Å². The molecular weight excluding hydrogens is 277 g/mol. The van der Waals surface area contributed by atoms with Crippen LogP contribution in [0.5, 0.6) is 0 Å². The number of carbonyl (C=O) groups is 1. The lowest BCUT2D eigenvalue weighted by Gasteiger charge is -2.05. The van der Waals surface area contributed by atoms with Crippen molar-refractivity contribution < 1.29 is 22.7 Å². The van der Waals surface area contributed by atoms with Crippen LogP contribution in [-0.4, -0.2) is 29.0 Å². The van der Waals surface area contributed by atoms with Gasteiger partial charge in [0.1, 0.15) is 12.1 Å². The predicted octanol–water partition coefficient (Wildman–Crippen LogP) is 0.357. The van der Waals surface area contributed by atoms with Gasteiger partial charge in [0.05, 0.1) is 10.6 Å². The van der Waals surface area contributed by atoms with Crippen LogP contribution >= 0.6 is 0 Å². The number of primary sulfonamides is 1. The van der Waals surface area contributed by atoms with Crippen LogP contribution < -0.4 is 5.14 Å². The van der Waals surface area contributed by atoms with Crippen LogP contribution in [0.3, 0.4) is 0 Å². The Hall–Kier alpha value is -2.26. The molecule has 0 amide bonds. The van der Waals surface area contributed by atoms with Crippen molar-refractivity contribution in [1.29, 1.82) is 0 Å². The first kappa shape index (κ1) is 13.2. The van der Waals surface area contributed by atoms with Crippen molar-refractivity contribution >= 4 is 16.0 Å². The maximum absolute atomic E-state index is 13.8. The van der Waals surface area contributed by atoms with E-state index in [1.165, 1.54) is 6.07 Å². The minimum Gasteiger partial charge on any atom is -0.476 e. The molecule has 0 aliphatic heterocycles. The number of aromatic nitrogens is 2. The van der Waals surface area contributed by atoms with E-state index in [9.17, 15) is 17.6 Å². The predicted molar refractivity (Wildman–Crippen MR) is 61.9 cm³/mol. The van der Waals surface area contributed by atoms with Gasteiger partial charge in [0.2, 0.25) is 10.0 Å². The number of imidazole rings is 1. The van der Waals surface area contributed by atoms with Crippen molar-refractivity contribution in [2.75, 3.05) is 0 Å². The highest BCUT2D eigenvalue weighted by Crippen LogP contribution is 2.17. The molecule has 0 fully saturated rings. The van der Waals surface area contributed by atoms with Gasteiger partial charge in [-0.2, -0.15) is 0 Å². The Kier molecular flexibility index (Phi) is 3.08. The lowest BCUT2D eigenvalue weighted by Crippen LogP contribution is -2.12. The number of aromatic carboxylic acids is 1. The molecule has 100 valence electrons. The minimum absolute atomic E-state index is 0.0348. The maximum Gasteiger partial charge on any atom is 0.356 e. The Morgan fingerprint density at radius 1 is 1.42 bits per heavy atom. The van der Waals surface area contributed by atoms with Crippen LogP contribution in [0.1, 0.15) is 10.5 Å². The molecule has 9 heteroatoms. The zero-order valence-corrected chi connectivity index (χ0v) is 10.1. The standard InChI is InChI=1S/C10H8FN3O4S/c11-7-3-6(19(12,17)18)1-2-9(7)14-4-8(10(15)16)13-5-14/h1-5H,(H,15,16)(H2,12,17,18). The van der Waals surface area contributed by atoms with Gasteiger partial charge in [-0.15, -0.1) is 0 Å². The van der Waals surface area contributed by atoms with Crippen molar-refractivity contribution in [1.82, 2.24) is 9.55 Å². The smallest absolute Gasteiger partial charge is 0.356 e. The average Bonchev–Trinajstić information content (AvgIpc) is 2.76. The summed E-state index contributed by atoms with van der Waals surface area (Å²) in [6.45, 7) is 0. The zero-order chi connectivity index (χ0) is 14.2. The van der Waals surface area contributed by atoms with E-state index >= 15 is 0 Å². The first-order chi connectivity index (χ1) is 8.79. The molecule has 7 nitrogen and oxygen atoms in total. The number of benzene rings is 1. The molecule has 0 unspecified atom stereocenters. The summed E-state index contributed by atoms with van der Waals surface area (Å²) >= 11 is 0. The number of halogens is 1. The SMILES string of the molecule is NS(=O)(=O)c1ccc(-n2cnc(C(=O)O)c2)c(F)c1. The molecule has 0 atom stereocenters. The maximum atomic E-state index is 13.8. The molecule has 2 rings (SSSR count). The van der Waals surface area contributed by atoms with E-state index < -0.39 is 21.8 Å². The molecule has 0 bridgehead atoms. The Balaban J connectivity index is 2.49. The van der Waals surface area contributed by atoms with Gasteiger partial charge in [-0.3, -0.25) is 0 Å². The monoisotopic (exact) mass is 285 g/mol. The lowest BCUT2D eigenvalue weighted by atomic mass is 10.3. The number of hydrogen-bond acceptors (Lipinski definition) is 4. The number of sulfonamides is 1. The third kappa shape index (κ3) is 2.61. The van der Waals surface area contributed by atoms with E-state index in [0.717, 1.165) is 29.2 Å². The number of nitrogens with two attached hydrogens (primary N) is 1. The lowest BCUT2D eigenvalue weighted by molar-refractivity contribution is 0.0691. The molecule has 2 aromatic rings. The van der Waals surface area contributed by atoms with Gasteiger partial charge in [-0.1, -0.05) is 0 Å². The number of carboxylic acid groups (broad SMARTS) is 1. The van der Waals surface area contributed by atoms with Gasteiger partial charge < -0.3 is 9.67 Å². The highest BCUT2D eigenvalue weighted by Gasteiger charge is 2.14. The summed E-state index contributed by atoms with van der Waals surface area (Å²) in [5.41, 5.74) is -0.290. The molecule has 0 aliphatic rings. The van der Waals surface area contributed by atoms with Crippen molar-refractivity contribution in [3.63, 3.8) is 0 Å². The fraction of sp³-hybridized carbons (Fsp3) is 0. The Morgan fingerprint density at radius 3 is 2.58 bits per heavy atom. The fourth-order valence-electron chi connectivity index (χ4n) is 1.44. The fourth-order valence-corrected chi connectivity index (χ4v) is 1.96. The minimum atomic E-state index is -3.99. The van der Waals surface area contributed by atoms with E-state index in [1.54, 1.807) is 0 Å². The van der Waals surface area contributed by atoms with E-state index in [1.807, 2.05) is 0 Å². The number of carboxylic acids is 1. The second kappa shape index (κ2) is 4.44. The first-order valence-electron chi connectivity index (χ1n) is 4.89. The summed E-state index contributed by atoms with van der Waals surface area (Å²) < 4.78 is 37.0. The quantitative estimate of drug-likeness (QED) is 0.844. The summed E-state index contributed by atoms with van der Waals surface area (Å²) in [5.74, 6) is -2.11. The van der Waals surface area contributed by atoms with Crippen molar-refractivity contribution in [3.8, 4) is 5.69 Å². The number of hydrogen-bond donors (Lipinski definition) is 2. The summed E-state index contributed by atoms with van der Waals surface area (Å²) in [6.07, 6.45) is 2.22.